The largest absolute Gasteiger partial charge is 0.472 e. The topological polar surface area (TPSA) is 48.4 Å². The van der Waals surface area contributed by atoms with Crippen molar-refractivity contribution in [2.75, 3.05) is 6.61 Å². The van der Waals surface area contributed by atoms with Crippen LogP contribution in [0.15, 0.2) is 23.0 Å². The van der Waals surface area contributed by atoms with Gasteiger partial charge in [0.05, 0.1) is 24.7 Å². The number of hydrogen-bond acceptors (Lipinski definition) is 3. The summed E-state index contributed by atoms with van der Waals surface area (Å²) in [5.41, 5.74) is 7.08. The number of hydrogen-bond donors (Lipinski definition) is 1. The van der Waals surface area contributed by atoms with Crippen LogP contribution in [0.3, 0.4) is 0 Å². The van der Waals surface area contributed by atoms with Gasteiger partial charge in [-0.2, -0.15) is 0 Å². The van der Waals surface area contributed by atoms with Crippen LogP contribution in [0.4, 0.5) is 0 Å². The van der Waals surface area contributed by atoms with Gasteiger partial charge in [0.1, 0.15) is 0 Å². The molecule has 1 saturated heterocycles. The van der Waals surface area contributed by atoms with Crippen LogP contribution in [0.2, 0.25) is 0 Å². The molecule has 1 fully saturated rings. The Morgan fingerprint density at radius 1 is 1.62 bits per heavy atom. The normalized spacial score (nSPS) is 30.6. The van der Waals surface area contributed by atoms with Crippen LogP contribution in [-0.2, 0) is 4.74 Å². The molecule has 0 aliphatic carbocycles. The minimum atomic E-state index is -0.0451. The van der Waals surface area contributed by atoms with Crippen LogP contribution >= 0.6 is 0 Å². The van der Waals surface area contributed by atoms with Gasteiger partial charge >= 0.3 is 0 Å². The number of furan rings is 1. The Bertz CT molecular complexity index is 258. The van der Waals surface area contributed by atoms with Gasteiger partial charge in [0.2, 0.25) is 0 Å². The van der Waals surface area contributed by atoms with E-state index in [1.54, 1.807) is 12.5 Å². The molecule has 72 valence electrons. The van der Waals surface area contributed by atoms with Gasteiger partial charge in [-0.1, -0.05) is 6.92 Å². The first-order valence-corrected chi connectivity index (χ1v) is 4.68. The SMILES string of the molecule is CC1CCOC1C(N)c1ccoc1. The van der Waals surface area contributed by atoms with Crippen molar-refractivity contribution in [3.05, 3.63) is 24.2 Å². The monoisotopic (exact) mass is 181 g/mol. The molecule has 0 spiro atoms. The van der Waals surface area contributed by atoms with Gasteiger partial charge < -0.3 is 14.9 Å². The molecule has 3 atom stereocenters. The molecule has 13 heavy (non-hydrogen) atoms. The highest BCUT2D eigenvalue weighted by Gasteiger charge is 2.30. The third-order valence-electron chi connectivity index (χ3n) is 2.73. The first kappa shape index (κ1) is 8.78. The molecule has 2 N–H and O–H groups in total. The van der Waals surface area contributed by atoms with Crippen molar-refractivity contribution in [2.24, 2.45) is 11.7 Å². The molecule has 2 heterocycles. The summed E-state index contributed by atoms with van der Waals surface area (Å²) in [5, 5.41) is 0. The molecule has 0 bridgehead atoms. The highest BCUT2D eigenvalue weighted by atomic mass is 16.5. The van der Waals surface area contributed by atoms with Crippen LogP contribution in [0.5, 0.6) is 0 Å². The molecular weight excluding hydrogens is 166 g/mol. The van der Waals surface area contributed by atoms with Crippen molar-refractivity contribution in [1.82, 2.24) is 0 Å². The maximum atomic E-state index is 6.05. The molecule has 0 radical (unpaired) electrons. The fourth-order valence-corrected chi connectivity index (χ4v) is 1.83. The van der Waals surface area contributed by atoms with Crippen molar-refractivity contribution in [2.45, 2.75) is 25.5 Å². The summed E-state index contributed by atoms with van der Waals surface area (Å²) in [5.74, 6) is 0.546. The summed E-state index contributed by atoms with van der Waals surface area (Å²) in [6.07, 6.45) is 4.60. The third-order valence-corrected chi connectivity index (χ3v) is 2.73. The molecule has 0 amide bonds. The molecule has 1 aromatic heterocycles. The van der Waals surface area contributed by atoms with Gasteiger partial charge in [0.15, 0.2) is 0 Å². The highest BCUT2D eigenvalue weighted by Crippen LogP contribution is 2.29. The van der Waals surface area contributed by atoms with E-state index in [1.165, 1.54) is 0 Å². The van der Waals surface area contributed by atoms with E-state index in [2.05, 4.69) is 6.92 Å². The Hall–Kier alpha value is -0.800. The van der Waals surface area contributed by atoms with E-state index in [0.29, 0.717) is 5.92 Å². The lowest BCUT2D eigenvalue weighted by Crippen LogP contribution is -2.29. The molecule has 3 heteroatoms. The molecule has 3 nitrogen and oxygen atoms in total. The number of nitrogens with two attached hydrogens (primary N) is 1. The summed E-state index contributed by atoms with van der Waals surface area (Å²) >= 11 is 0. The molecule has 2 rings (SSSR count). The average Bonchev–Trinajstić information content (AvgIpc) is 2.72. The van der Waals surface area contributed by atoms with Gasteiger partial charge in [-0.15, -0.1) is 0 Å². The van der Waals surface area contributed by atoms with Crippen LogP contribution in [-0.4, -0.2) is 12.7 Å². The van der Waals surface area contributed by atoms with E-state index in [4.69, 9.17) is 14.9 Å². The van der Waals surface area contributed by atoms with Crippen LogP contribution in [0, 0.1) is 5.92 Å². The molecule has 0 saturated carbocycles. The second kappa shape index (κ2) is 3.52. The summed E-state index contributed by atoms with van der Waals surface area (Å²) in [6, 6.07) is 1.86. The Kier molecular flexibility index (Phi) is 2.38. The Balaban J connectivity index is 2.08. The zero-order chi connectivity index (χ0) is 9.26. The zero-order valence-electron chi connectivity index (χ0n) is 7.77. The first-order chi connectivity index (χ1) is 6.29. The van der Waals surface area contributed by atoms with Crippen molar-refractivity contribution in [1.29, 1.82) is 0 Å². The minimum absolute atomic E-state index is 0.0451. The lowest BCUT2D eigenvalue weighted by Gasteiger charge is -2.20. The van der Waals surface area contributed by atoms with Gasteiger partial charge in [-0.3, -0.25) is 0 Å². The smallest absolute Gasteiger partial charge is 0.0951 e. The van der Waals surface area contributed by atoms with E-state index >= 15 is 0 Å². The van der Waals surface area contributed by atoms with Gasteiger partial charge in [-0.25, -0.2) is 0 Å². The fourth-order valence-electron chi connectivity index (χ4n) is 1.83. The maximum absolute atomic E-state index is 6.05. The zero-order valence-corrected chi connectivity index (χ0v) is 7.77. The lowest BCUT2D eigenvalue weighted by molar-refractivity contribution is 0.0723. The molecular formula is C10H15NO2. The minimum Gasteiger partial charge on any atom is -0.472 e. The molecule has 1 aliphatic rings. The standard InChI is InChI=1S/C10H15NO2/c1-7-2-5-13-10(7)9(11)8-3-4-12-6-8/h3-4,6-7,9-10H,2,5,11H2,1H3. The van der Waals surface area contributed by atoms with E-state index in [1.807, 2.05) is 6.07 Å². The van der Waals surface area contributed by atoms with E-state index < -0.39 is 0 Å². The summed E-state index contributed by atoms with van der Waals surface area (Å²) in [4.78, 5) is 0. The summed E-state index contributed by atoms with van der Waals surface area (Å²) < 4.78 is 10.6. The number of rotatable bonds is 2. The summed E-state index contributed by atoms with van der Waals surface area (Å²) in [6.45, 7) is 3.01. The maximum Gasteiger partial charge on any atom is 0.0951 e. The van der Waals surface area contributed by atoms with E-state index in [9.17, 15) is 0 Å². The van der Waals surface area contributed by atoms with Gasteiger partial charge in [0, 0.05) is 12.2 Å². The van der Waals surface area contributed by atoms with Crippen molar-refractivity contribution in [3.63, 3.8) is 0 Å². The van der Waals surface area contributed by atoms with Crippen LogP contribution < -0.4 is 5.73 Å². The molecule has 1 aliphatic heterocycles. The molecule has 3 unspecified atom stereocenters. The quantitative estimate of drug-likeness (QED) is 0.755. The van der Waals surface area contributed by atoms with Crippen LogP contribution in [0.1, 0.15) is 24.9 Å². The van der Waals surface area contributed by atoms with Crippen molar-refractivity contribution < 1.29 is 9.15 Å². The van der Waals surface area contributed by atoms with E-state index in [0.717, 1.165) is 18.6 Å². The van der Waals surface area contributed by atoms with Gasteiger partial charge in [-0.05, 0) is 18.4 Å². The Labute approximate surface area is 77.9 Å². The van der Waals surface area contributed by atoms with Gasteiger partial charge in [0.25, 0.3) is 0 Å². The van der Waals surface area contributed by atoms with E-state index in [-0.39, 0.29) is 12.1 Å². The lowest BCUT2D eigenvalue weighted by atomic mass is 9.95. The Morgan fingerprint density at radius 2 is 2.46 bits per heavy atom. The average molecular weight is 181 g/mol. The van der Waals surface area contributed by atoms with Crippen molar-refractivity contribution >= 4 is 0 Å². The predicted octanol–water partition coefficient (Wildman–Crippen LogP) is 1.70. The highest BCUT2D eigenvalue weighted by molar-refractivity contribution is 5.13. The van der Waals surface area contributed by atoms with Crippen LogP contribution in [0.25, 0.3) is 0 Å². The Morgan fingerprint density at radius 3 is 3.00 bits per heavy atom. The third kappa shape index (κ3) is 1.62. The molecule has 0 aromatic carbocycles. The molecule has 1 aromatic rings. The second-order valence-corrected chi connectivity index (χ2v) is 3.68. The second-order valence-electron chi connectivity index (χ2n) is 3.68. The predicted molar refractivity (Wildman–Crippen MR) is 49.2 cm³/mol. The number of ether oxygens (including phenoxy) is 1. The fraction of sp³-hybridized carbons (Fsp3) is 0.600. The summed E-state index contributed by atoms with van der Waals surface area (Å²) in [7, 11) is 0. The first-order valence-electron chi connectivity index (χ1n) is 4.68. The van der Waals surface area contributed by atoms with Crippen molar-refractivity contribution in [3.8, 4) is 0 Å².